The summed E-state index contributed by atoms with van der Waals surface area (Å²) in [6, 6.07) is 9.12. The zero-order chi connectivity index (χ0) is 22.6. The number of aromatic nitrogens is 2. The van der Waals surface area contributed by atoms with E-state index in [1.165, 1.54) is 30.0 Å². The minimum absolute atomic E-state index is 0.198. The first-order chi connectivity index (χ1) is 15.5. The van der Waals surface area contributed by atoms with Crippen LogP contribution in [-0.4, -0.2) is 68.8 Å². The van der Waals surface area contributed by atoms with Crippen LogP contribution in [-0.2, 0) is 10.0 Å². The van der Waals surface area contributed by atoms with Crippen molar-refractivity contribution in [3.63, 3.8) is 0 Å². The third-order valence-electron chi connectivity index (χ3n) is 5.95. The number of anilines is 2. The highest BCUT2D eigenvalue weighted by Crippen LogP contribution is 2.31. The predicted octanol–water partition coefficient (Wildman–Crippen LogP) is 3.53. The Bertz CT molecular complexity index is 1000. The average molecular weight is 524 g/mol. The first-order valence-corrected chi connectivity index (χ1v) is 13.5. The Kier molecular flexibility index (Phi) is 7.52. The van der Waals surface area contributed by atoms with Crippen molar-refractivity contribution in [2.45, 2.75) is 37.5 Å². The van der Waals surface area contributed by atoms with E-state index in [4.69, 9.17) is 4.74 Å². The molecule has 2 saturated heterocycles. The number of rotatable bonds is 6. The molecular formula is C22H30BrN5O3S. The van der Waals surface area contributed by atoms with E-state index < -0.39 is 10.0 Å². The maximum Gasteiger partial charge on any atom is 0.246 e. The molecule has 2 aliphatic rings. The number of hydrogen-bond acceptors (Lipinski definition) is 7. The van der Waals surface area contributed by atoms with Crippen LogP contribution in [0.3, 0.4) is 0 Å². The number of benzene rings is 1. The topological polar surface area (TPSA) is 78.9 Å². The van der Waals surface area contributed by atoms with Crippen LogP contribution >= 0.6 is 15.9 Å². The smallest absolute Gasteiger partial charge is 0.246 e. The Labute approximate surface area is 198 Å². The highest BCUT2D eigenvalue weighted by molar-refractivity contribution is 9.10. The summed E-state index contributed by atoms with van der Waals surface area (Å²) in [4.78, 5) is 4.60. The van der Waals surface area contributed by atoms with Gasteiger partial charge in [0.05, 0.1) is 6.61 Å². The molecule has 1 aromatic carbocycles. The third-order valence-corrected chi connectivity index (χ3v) is 8.37. The van der Waals surface area contributed by atoms with Crippen molar-refractivity contribution < 1.29 is 13.2 Å². The number of halogens is 1. The van der Waals surface area contributed by atoms with Crippen LogP contribution in [0.15, 0.2) is 39.7 Å². The standard InChI is InChI=1S/C22H30BrN5O3S/c1-2-31-19-8-7-18(23)17-20(19)32(29,30)28-15-13-27(14-16-28)22-10-9-21(24-25-22)26-11-5-3-4-6-12-26/h7-10,17H,2-6,11-16H2,1H3. The first kappa shape index (κ1) is 23.3. The number of nitrogens with zero attached hydrogens (tertiary/aromatic N) is 5. The summed E-state index contributed by atoms with van der Waals surface area (Å²) in [6.45, 7) is 6.21. The molecule has 0 N–H and O–H groups in total. The fraction of sp³-hybridized carbons (Fsp3) is 0.545. The summed E-state index contributed by atoms with van der Waals surface area (Å²) in [5.74, 6) is 2.10. The third kappa shape index (κ3) is 5.18. The van der Waals surface area contributed by atoms with Crippen LogP contribution in [0, 0.1) is 0 Å². The van der Waals surface area contributed by atoms with E-state index in [0.717, 1.165) is 24.7 Å². The molecule has 3 heterocycles. The molecule has 0 spiro atoms. The molecule has 0 bridgehead atoms. The molecule has 0 aliphatic carbocycles. The van der Waals surface area contributed by atoms with E-state index in [1.54, 1.807) is 18.2 Å². The molecule has 4 rings (SSSR count). The highest BCUT2D eigenvalue weighted by Gasteiger charge is 2.31. The lowest BCUT2D eigenvalue weighted by molar-refractivity contribution is 0.327. The second-order valence-electron chi connectivity index (χ2n) is 8.07. The van der Waals surface area contributed by atoms with Crippen molar-refractivity contribution in [1.29, 1.82) is 0 Å². The molecule has 0 saturated carbocycles. The molecule has 10 heteroatoms. The van der Waals surface area contributed by atoms with Gasteiger partial charge in [0, 0.05) is 43.7 Å². The van der Waals surface area contributed by atoms with Gasteiger partial charge in [-0.05, 0) is 50.1 Å². The maximum absolute atomic E-state index is 13.3. The number of piperazine rings is 1. The predicted molar refractivity (Wildman–Crippen MR) is 129 cm³/mol. The Morgan fingerprint density at radius 3 is 2.03 bits per heavy atom. The van der Waals surface area contributed by atoms with Gasteiger partial charge in [0.15, 0.2) is 11.6 Å². The molecule has 0 radical (unpaired) electrons. The molecule has 32 heavy (non-hydrogen) atoms. The van der Waals surface area contributed by atoms with Crippen LogP contribution in [0.4, 0.5) is 11.6 Å². The first-order valence-electron chi connectivity index (χ1n) is 11.2. The molecular weight excluding hydrogens is 494 g/mol. The van der Waals surface area contributed by atoms with E-state index in [-0.39, 0.29) is 4.90 Å². The van der Waals surface area contributed by atoms with E-state index >= 15 is 0 Å². The van der Waals surface area contributed by atoms with Gasteiger partial charge in [-0.3, -0.25) is 0 Å². The van der Waals surface area contributed by atoms with Crippen LogP contribution in [0.25, 0.3) is 0 Å². The van der Waals surface area contributed by atoms with Crippen LogP contribution in [0.5, 0.6) is 5.75 Å². The summed E-state index contributed by atoms with van der Waals surface area (Å²) >= 11 is 3.38. The largest absolute Gasteiger partial charge is 0.492 e. The van der Waals surface area contributed by atoms with Gasteiger partial charge < -0.3 is 14.5 Å². The van der Waals surface area contributed by atoms with Crippen molar-refractivity contribution in [2.75, 3.05) is 55.7 Å². The van der Waals surface area contributed by atoms with Gasteiger partial charge in [-0.15, -0.1) is 10.2 Å². The minimum Gasteiger partial charge on any atom is -0.492 e. The lowest BCUT2D eigenvalue weighted by Gasteiger charge is -2.34. The lowest BCUT2D eigenvalue weighted by atomic mass is 10.2. The number of sulfonamides is 1. The molecule has 2 aliphatic heterocycles. The fourth-order valence-corrected chi connectivity index (χ4v) is 6.30. The molecule has 0 amide bonds. The van der Waals surface area contributed by atoms with Crippen molar-refractivity contribution in [3.8, 4) is 5.75 Å². The maximum atomic E-state index is 13.3. The lowest BCUT2D eigenvalue weighted by Crippen LogP contribution is -2.49. The summed E-state index contributed by atoms with van der Waals surface area (Å²) in [7, 11) is -3.66. The van der Waals surface area contributed by atoms with Crippen molar-refractivity contribution in [2.24, 2.45) is 0 Å². The van der Waals surface area contributed by atoms with E-state index in [1.807, 2.05) is 19.1 Å². The molecule has 0 unspecified atom stereocenters. The summed E-state index contributed by atoms with van der Waals surface area (Å²) in [5, 5.41) is 8.90. The SMILES string of the molecule is CCOc1ccc(Br)cc1S(=O)(=O)N1CCN(c2ccc(N3CCCCCC3)nn2)CC1. The average Bonchev–Trinajstić information content (AvgIpc) is 3.10. The molecule has 2 fully saturated rings. The van der Waals surface area contributed by atoms with Crippen LogP contribution < -0.4 is 14.5 Å². The summed E-state index contributed by atoms with van der Waals surface area (Å²) in [5.41, 5.74) is 0. The number of ether oxygens (including phenoxy) is 1. The van der Waals surface area contributed by atoms with Gasteiger partial charge in [-0.25, -0.2) is 8.42 Å². The van der Waals surface area contributed by atoms with E-state index in [9.17, 15) is 8.42 Å². The molecule has 8 nitrogen and oxygen atoms in total. The second kappa shape index (κ2) is 10.4. The van der Waals surface area contributed by atoms with Gasteiger partial charge in [-0.2, -0.15) is 4.31 Å². The van der Waals surface area contributed by atoms with Crippen LogP contribution in [0.1, 0.15) is 32.6 Å². The molecule has 174 valence electrons. The molecule has 2 aromatic rings. The molecule has 0 atom stereocenters. The summed E-state index contributed by atoms with van der Waals surface area (Å²) in [6.07, 6.45) is 4.95. The van der Waals surface area contributed by atoms with Gasteiger partial charge in [0.25, 0.3) is 0 Å². The van der Waals surface area contributed by atoms with Gasteiger partial charge >= 0.3 is 0 Å². The van der Waals surface area contributed by atoms with Gasteiger partial charge in [-0.1, -0.05) is 28.8 Å². The summed E-state index contributed by atoms with van der Waals surface area (Å²) < 4.78 is 34.4. The highest BCUT2D eigenvalue weighted by atomic mass is 79.9. The van der Waals surface area contributed by atoms with E-state index in [0.29, 0.717) is 43.0 Å². The number of hydrogen-bond donors (Lipinski definition) is 0. The van der Waals surface area contributed by atoms with Crippen LogP contribution in [0.2, 0.25) is 0 Å². The normalized spacial score (nSPS) is 18.4. The fourth-order valence-electron chi connectivity index (χ4n) is 4.21. The van der Waals surface area contributed by atoms with Crippen molar-refractivity contribution >= 4 is 37.6 Å². The Hall–Kier alpha value is -1.91. The Balaban J connectivity index is 1.42. The van der Waals surface area contributed by atoms with Crippen molar-refractivity contribution in [1.82, 2.24) is 14.5 Å². The van der Waals surface area contributed by atoms with Crippen molar-refractivity contribution in [3.05, 3.63) is 34.8 Å². The van der Waals surface area contributed by atoms with Gasteiger partial charge in [0.1, 0.15) is 10.6 Å². The monoisotopic (exact) mass is 523 g/mol. The van der Waals surface area contributed by atoms with Gasteiger partial charge in [0.2, 0.25) is 10.0 Å². The zero-order valence-electron chi connectivity index (χ0n) is 18.4. The molecule has 1 aromatic heterocycles. The second-order valence-corrected chi connectivity index (χ2v) is 10.9. The van der Waals surface area contributed by atoms with E-state index in [2.05, 4.69) is 35.9 Å². The Morgan fingerprint density at radius 2 is 1.47 bits per heavy atom. The Morgan fingerprint density at radius 1 is 0.875 bits per heavy atom. The zero-order valence-corrected chi connectivity index (χ0v) is 20.8. The minimum atomic E-state index is -3.66. The quantitative estimate of drug-likeness (QED) is 0.572.